The van der Waals surface area contributed by atoms with Crippen molar-refractivity contribution >= 4 is 81.1 Å². The van der Waals surface area contributed by atoms with Crippen LogP contribution in [0.25, 0.3) is 10.8 Å². The maximum absolute atomic E-state index is 11.4. The van der Waals surface area contributed by atoms with Crippen LogP contribution in [0.15, 0.2) is 0 Å². The first-order valence-electron chi connectivity index (χ1n) is 6.22. The fourth-order valence-corrected chi connectivity index (χ4v) is 3.93. The molecule has 26 heavy (non-hydrogen) atoms. The molecule has 0 aliphatic heterocycles. The van der Waals surface area contributed by atoms with Crippen LogP contribution < -0.4 is 0 Å². The lowest BCUT2D eigenvalue weighted by Crippen LogP contribution is -2.14. The van der Waals surface area contributed by atoms with Gasteiger partial charge in [0.15, 0.2) is 0 Å². The summed E-state index contributed by atoms with van der Waals surface area (Å²) in [4.78, 5) is 45.8. The molecule has 0 amide bonds. The summed E-state index contributed by atoms with van der Waals surface area (Å²) >= 11 is 23.8. The Kier molecular flexibility index (Phi) is 5.25. The van der Waals surface area contributed by atoms with Crippen molar-refractivity contribution in [1.82, 2.24) is 0 Å². The summed E-state index contributed by atoms with van der Waals surface area (Å²) in [5.41, 5.74) is -3.80. The predicted octanol–water partition coefficient (Wildman–Crippen LogP) is 4.25. The highest BCUT2D eigenvalue weighted by Crippen LogP contribution is 2.47. The Labute approximate surface area is 163 Å². The van der Waals surface area contributed by atoms with E-state index in [1.165, 1.54) is 0 Å². The first-order valence-corrected chi connectivity index (χ1v) is 7.73. The summed E-state index contributed by atoms with van der Waals surface area (Å²) in [7, 11) is 0. The number of hydrogen-bond donors (Lipinski definition) is 4. The minimum absolute atomic E-state index is 0.492. The Morgan fingerprint density at radius 1 is 0.462 bits per heavy atom. The fraction of sp³-hybridized carbons (Fsp3) is 0. The van der Waals surface area contributed by atoms with Crippen LogP contribution in [0.4, 0.5) is 0 Å². The highest BCUT2D eigenvalue weighted by atomic mass is 35.5. The molecule has 2 rings (SSSR count). The molecule has 12 heteroatoms. The van der Waals surface area contributed by atoms with Crippen molar-refractivity contribution in [3.05, 3.63) is 42.3 Å². The Bertz CT molecular complexity index is 883. The number of carbonyl (C=O) groups is 4. The third-order valence-corrected chi connectivity index (χ3v) is 4.87. The molecule has 0 aliphatic carbocycles. The summed E-state index contributed by atoms with van der Waals surface area (Å²) in [6.07, 6.45) is 0. The van der Waals surface area contributed by atoms with E-state index < -0.39 is 77.0 Å². The number of fused-ring (bicyclic) bond motifs is 1. The van der Waals surface area contributed by atoms with Gasteiger partial charge in [0.1, 0.15) is 0 Å². The average Bonchev–Trinajstić information content (AvgIpc) is 2.50. The average molecular weight is 442 g/mol. The largest absolute Gasteiger partial charge is 0.478 e. The molecular weight excluding hydrogens is 438 g/mol. The van der Waals surface area contributed by atoms with Crippen LogP contribution in [-0.2, 0) is 0 Å². The standard InChI is InChI=1S/C14H4Cl4O8/c15-7-1-2(9(17)5(13(23)24)3(7)11(19)20)10(18)6(14(25)26)4(8(1)16)12(21)22/h(H,19,20)(H,21,22)(H,23,24)(H,25,26). The second-order valence-electron chi connectivity index (χ2n) is 4.73. The van der Waals surface area contributed by atoms with E-state index in [2.05, 4.69) is 0 Å². The number of carboxylic acids is 4. The third-order valence-electron chi connectivity index (χ3n) is 3.36. The zero-order valence-electron chi connectivity index (χ0n) is 11.9. The molecule has 2 aromatic carbocycles. The summed E-state index contributed by atoms with van der Waals surface area (Å²) < 4.78 is 0. The van der Waals surface area contributed by atoms with Gasteiger partial charge in [0.2, 0.25) is 0 Å². The number of aromatic carboxylic acids is 4. The van der Waals surface area contributed by atoms with Gasteiger partial charge in [0.25, 0.3) is 0 Å². The number of benzene rings is 2. The first-order chi connectivity index (χ1) is 11.9. The van der Waals surface area contributed by atoms with Gasteiger partial charge in [-0.15, -0.1) is 0 Å². The van der Waals surface area contributed by atoms with E-state index in [0.29, 0.717) is 0 Å². The van der Waals surface area contributed by atoms with Gasteiger partial charge in [0.05, 0.1) is 42.3 Å². The molecule has 0 bridgehead atoms. The molecule has 0 saturated carbocycles. The van der Waals surface area contributed by atoms with Crippen LogP contribution in [0, 0.1) is 0 Å². The number of carboxylic acid groups (broad SMARTS) is 4. The summed E-state index contributed by atoms with van der Waals surface area (Å²) in [6.45, 7) is 0. The summed E-state index contributed by atoms with van der Waals surface area (Å²) in [6, 6.07) is 0. The SMILES string of the molecule is O=C(O)c1c(C(=O)O)c(Cl)c2c(Cl)c(C(=O)O)c(C(=O)O)c(Cl)c2c1Cl. The van der Waals surface area contributed by atoms with Gasteiger partial charge < -0.3 is 20.4 Å². The van der Waals surface area contributed by atoms with Crippen molar-refractivity contribution in [2.75, 3.05) is 0 Å². The highest BCUT2D eigenvalue weighted by molar-refractivity contribution is 6.53. The van der Waals surface area contributed by atoms with E-state index in [1.807, 2.05) is 0 Å². The van der Waals surface area contributed by atoms with Gasteiger partial charge in [-0.2, -0.15) is 0 Å². The van der Waals surface area contributed by atoms with Crippen molar-refractivity contribution in [1.29, 1.82) is 0 Å². The molecule has 4 N–H and O–H groups in total. The van der Waals surface area contributed by atoms with E-state index in [-0.39, 0.29) is 0 Å². The zero-order valence-corrected chi connectivity index (χ0v) is 15.0. The molecule has 136 valence electrons. The van der Waals surface area contributed by atoms with Gasteiger partial charge in [-0.1, -0.05) is 46.4 Å². The summed E-state index contributed by atoms with van der Waals surface area (Å²) in [5.74, 6) is -7.10. The molecule has 0 radical (unpaired) electrons. The monoisotopic (exact) mass is 440 g/mol. The summed E-state index contributed by atoms with van der Waals surface area (Å²) in [5, 5.41) is 33.1. The van der Waals surface area contributed by atoms with Crippen LogP contribution in [0.5, 0.6) is 0 Å². The van der Waals surface area contributed by atoms with E-state index >= 15 is 0 Å². The smallest absolute Gasteiger partial charge is 0.338 e. The topological polar surface area (TPSA) is 149 Å². The zero-order chi connectivity index (χ0) is 20.1. The van der Waals surface area contributed by atoms with Crippen molar-refractivity contribution in [3.8, 4) is 0 Å². The quantitative estimate of drug-likeness (QED) is 0.549. The Morgan fingerprint density at radius 2 is 0.615 bits per heavy atom. The minimum Gasteiger partial charge on any atom is -0.478 e. The third kappa shape index (κ3) is 2.80. The Hall–Kier alpha value is -2.26. The minimum atomic E-state index is -1.78. The van der Waals surface area contributed by atoms with Crippen LogP contribution in [0.3, 0.4) is 0 Å². The number of rotatable bonds is 4. The molecule has 2 aromatic rings. The molecular formula is C14H4Cl4O8. The van der Waals surface area contributed by atoms with Crippen LogP contribution in [0.2, 0.25) is 20.1 Å². The van der Waals surface area contributed by atoms with E-state index in [4.69, 9.17) is 46.4 Å². The highest BCUT2D eigenvalue weighted by Gasteiger charge is 2.34. The molecule has 0 spiro atoms. The van der Waals surface area contributed by atoms with Gasteiger partial charge in [-0.05, 0) is 0 Å². The van der Waals surface area contributed by atoms with E-state index in [9.17, 15) is 39.6 Å². The predicted molar refractivity (Wildman–Crippen MR) is 91.8 cm³/mol. The van der Waals surface area contributed by atoms with Crippen LogP contribution in [-0.4, -0.2) is 44.3 Å². The van der Waals surface area contributed by atoms with Crippen LogP contribution >= 0.6 is 46.4 Å². The van der Waals surface area contributed by atoms with Gasteiger partial charge in [-0.3, -0.25) is 0 Å². The second kappa shape index (κ2) is 6.81. The molecule has 0 aromatic heterocycles. The molecule has 8 nitrogen and oxygen atoms in total. The molecule has 0 aliphatic rings. The lowest BCUT2D eigenvalue weighted by Gasteiger charge is -2.17. The first kappa shape index (κ1) is 20.1. The van der Waals surface area contributed by atoms with Crippen LogP contribution in [0.1, 0.15) is 41.4 Å². The van der Waals surface area contributed by atoms with E-state index in [0.717, 1.165) is 0 Å². The maximum atomic E-state index is 11.4. The molecule has 0 atom stereocenters. The van der Waals surface area contributed by atoms with Crippen molar-refractivity contribution in [2.45, 2.75) is 0 Å². The lowest BCUT2D eigenvalue weighted by molar-refractivity contribution is 0.0651. The molecule has 0 saturated heterocycles. The molecule has 0 fully saturated rings. The van der Waals surface area contributed by atoms with Gasteiger partial charge in [-0.25, -0.2) is 19.2 Å². The normalized spacial score (nSPS) is 10.8. The molecule has 0 heterocycles. The Balaban J connectivity index is 3.36. The van der Waals surface area contributed by atoms with Gasteiger partial charge >= 0.3 is 23.9 Å². The van der Waals surface area contributed by atoms with Crippen molar-refractivity contribution < 1.29 is 39.6 Å². The number of hydrogen-bond acceptors (Lipinski definition) is 4. The lowest BCUT2D eigenvalue weighted by atomic mass is 9.95. The van der Waals surface area contributed by atoms with Crippen molar-refractivity contribution in [2.24, 2.45) is 0 Å². The van der Waals surface area contributed by atoms with Gasteiger partial charge in [0, 0.05) is 10.8 Å². The fourth-order valence-electron chi connectivity index (χ4n) is 2.37. The second-order valence-corrected chi connectivity index (χ2v) is 6.24. The number of halogens is 4. The Morgan fingerprint density at radius 3 is 0.731 bits per heavy atom. The molecule has 0 unspecified atom stereocenters. The van der Waals surface area contributed by atoms with Crippen molar-refractivity contribution in [3.63, 3.8) is 0 Å². The van der Waals surface area contributed by atoms with E-state index in [1.54, 1.807) is 0 Å². The maximum Gasteiger partial charge on any atom is 0.338 e.